The molecule has 0 amide bonds. The van der Waals surface area contributed by atoms with Crippen molar-refractivity contribution < 1.29 is 0 Å². The fraction of sp³-hybridized carbons (Fsp3) is 0.571. The van der Waals surface area contributed by atoms with E-state index in [1.54, 1.807) is 12.3 Å². The Hall–Kier alpha value is -1.27. The van der Waals surface area contributed by atoms with E-state index in [9.17, 15) is 0 Å². The molecule has 0 atom stereocenters. The van der Waals surface area contributed by atoms with Crippen molar-refractivity contribution in [2.75, 3.05) is 31.6 Å². The smallest absolute Gasteiger partial charge is 0.166 e. The number of rotatable bonds is 2. The molecule has 0 saturated carbocycles. The average molecular weight is 180 g/mol. The van der Waals surface area contributed by atoms with Gasteiger partial charge in [-0.3, -0.25) is 0 Å². The molecule has 1 aromatic heterocycles. The van der Waals surface area contributed by atoms with E-state index >= 15 is 0 Å². The molecule has 0 radical (unpaired) electrons. The first-order chi connectivity index (χ1) is 6.45. The zero-order valence-electron chi connectivity index (χ0n) is 7.27. The molecule has 0 aromatic carbocycles. The molecule has 2 rings (SSSR count). The summed E-state index contributed by atoms with van der Waals surface area (Å²) in [4.78, 5) is 0. The number of piperazine rings is 1. The molecule has 0 bridgehead atoms. The molecule has 6 heteroatoms. The molecule has 1 saturated heterocycles. The molecule has 0 unspecified atom stereocenters. The van der Waals surface area contributed by atoms with Gasteiger partial charge < -0.3 is 10.7 Å². The van der Waals surface area contributed by atoms with Gasteiger partial charge in [0.15, 0.2) is 5.82 Å². The maximum absolute atomic E-state index is 3.84. The van der Waals surface area contributed by atoms with Crippen molar-refractivity contribution in [1.29, 1.82) is 0 Å². The van der Waals surface area contributed by atoms with Gasteiger partial charge in [0.1, 0.15) is 0 Å². The summed E-state index contributed by atoms with van der Waals surface area (Å²) in [6, 6.07) is 1.80. The Balaban J connectivity index is 1.90. The zero-order valence-corrected chi connectivity index (χ0v) is 7.27. The number of hydrogen-bond acceptors (Lipinski definition) is 6. The Labute approximate surface area is 76.3 Å². The van der Waals surface area contributed by atoms with Crippen molar-refractivity contribution in [3.05, 3.63) is 12.3 Å². The molecule has 0 spiro atoms. The highest BCUT2D eigenvalue weighted by atomic mass is 15.5. The minimum Gasteiger partial charge on any atom is -0.314 e. The second-order valence-corrected chi connectivity index (χ2v) is 2.85. The summed E-state index contributed by atoms with van der Waals surface area (Å²) in [5.41, 5.74) is 3.16. The summed E-state index contributed by atoms with van der Waals surface area (Å²) in [5, 5.41) is 16.4. The highest BCUT2D eigenvalue weighted by molar-refractivity contribution is 5.28. The van der Waals surface area contributed by atoms with Crippen molar-refractivity contribution in [1.82, 2.24) is 25.7 Å². The monoisotopic (exact) mass is 180 g/mol. The lowest BCUT2D eigenvalue weighted by molar-refractivity contribution is 0.285. The lowest BCUT2D eigenvalue weighted by Gasteiger charge is -2.27. The van der Waals surface area contributed by atoms with Gasteiger partial charge in [0, 0.05) is 32.2 Å². The number of nitrogens with one attached hydrogen (secondary N) is 2. The van der Waals surface area contributed by atoms with Gasteiger partial charge in [-0.1, -0.05) is 0 Å². The Morgan fingerprint density at radius 2 is 2.23 bits per heavy atom. The topological polar surface area (TPSA) is 66.0 Å². The third-order valence-corrected chi connectivity index (χ3v) is 1.89. The molecule has 1 aliphatic heterocycles. The third-order valence-electron chi connectivity index (χ3n) is 1.89. The minimum atomic E-state index is 0.747. The Morgan fingerprint density at radius 3 is 2.92 bits per heavy atom. The molecular formula is C7H12N6. The Morgan fingerprint density at radius 1 is 1.38 bits per heavy atom. The highest BCUT2D eigenvalue weighted by Gasteiger charge is 2.08. The zero-order chi connectivity index (χ0) is 8.93. The number of anilines is 1. The SMILES string of the molecule is c1cc(NN2CCNCC2)nnn1. The van der Waals surface area contributed by atoms with Crippen LogP contribution >= 0.6 is 0 Å². The summed E-state index contributed by atoms with van der Waals surface area (Å²) in [5.74, 6) is 0.747. The van der Waals surface area contributed by atoms with E-state index in [2.05, 4.69) is 31.2 Å². The van der Waals surface area contributed by atoms with Gasteiger partial charge in [0.2, 0.25) is 0 Å². The summed E-state index contributed by atoms with van der Waals surface area (Å²) in [7, 11) is 0. The fourth-order valence-electron chi connectivity index (χ4n) is 1.24. The molecule has 1 fully saturated rings. The summed E-state index contributed by atoms with van der Waals surface area (Å²) in [6.45, 7) is 3.96. The second-order valence-electron chi connectivity index (χ2n) is 2.85. The number of aromatic nitrogens is 3. The van der Waals surface area contributed by atoms with Crippen LogP contribution in [-0.2, 0) is 0 Å². The van der Waals surface area contributed by atoms with Crippen molar-refractivity contribution in [3.8, 4) is 0 Å². The summed E-state index contributed by atoms with van der Waals surface area (Å²) >= 11 is 0. The molecule has 13 heavy (non-hydrogen) atoms. The van der Waals surface area contributed by atoms with Crippen LogP contribution in [0.3, 0.4) is 0 Å². The minimum absolute atomic E-state index is 0.747. The van der Waals surface area contributed by atoms with Gasteiger partial charge in [-0.05, 0) is 5.21 Å². The van der Waals surface area contributed by atoms with Gasteiger partial charge >= 0.3 is 0 Å². The molecular weight excluding hydrogens is 168 g/mol. The standard InChI is InChI=1S/C7H12N6/c1-2-9-12-10-7(1)11-13-5-3-8-4-6-13/h1-2,8H,3-6H2,(H,9,10,11). The molecule has 70 valence electrons. The van der Waals surface area contributed by atoms with E-state index in [1.165, 1.54) is 0 Å². The Kier molecular flexibility index (Phi) is 2.63. The van der Waals surface area contributed by atoms with E-state index < -0.39 is 0 Å². The van der Waals surface area contributed by atoms with Crippen LogP contribution in [0.5, 0.6) is 0 Å². The summed E-state index contributed by atoms with van der Waals surface area (Å²) in [6.07, 6.45) is 1.62. The average Bonchev–Trinajstić information content (AvgIpc) is 2.21. The molecule has 2 N–H and O–H groups in total. The molecule has 6 nitrogen and oxygen atoms in total. The maximum Gasteiger partial charge on any atom is 0.166 e. The van der Waals surface area contributed by atoms with Crippen LogP contribution in [-0.4, -0.2) is 46.6 Å². The van der Waals surface area contributed by atoms with Crippen molar-refractivity contribution in [3.63, 3.8) is 0 Å². The van der Waals surface area contributed by atoms with Gasteiger partial charge in [-0.25, -0.2) is 5.01 Å². The predicted octanol–water partition coefficient (Wildman–Crippen LogP) is -0.896. The van der Waals surface area contributed by atoms with Crippen LogP contribution in [0.25, 0.3) is 0 Å². The van der Waals surface area contributed by atoms with Crippen molar-refractivity contribution in [2.45, 2.75) is 0 Å². The van der Waals surface area contributed by atoms with E-state index in [-0.39, 0.29) is 0 Å². The van der Waals surface area contributed by atoms with Crippen LogP contribution in [0.4, 0.5) is 5.82 Å². The first kappa shape index (κ1) is 8.33. The molecule has 1 aromatic rings. The molecule has 2 heterocycles. The van der Waals surface area contributed by atoms with Crippen LogP contribution in [0, 0.1) is 0 Å². The molecule has 1 aliphatic rings. The predicted molar refractivity (Wildman–Crippen MR) is 47.9 cm³/mol. The lowest BCUT2D eigenvalue weighted by atomic mass is 10.4. The first-order valence-electron chi connectivity index (χ1n) is 4.32. The second kappa shape index (κ2) is 4.11. The van der Waals surface area contributed by atoms with Gasteiger partial charge in [-0.2, -0.15) is 0 Å². The van der Waals surface area contributed by atoms with Gasteiger partial charge in [0.05, 0.1) is 6.20 Å². The van der Waals surface area contributed by atoms with Crippen molar-refractivity contribution >= 4 is 5.82 Å². The quantitative estimate of drug-likeness (QED) is 0.615. The largest absolute Gasteiger partial charge is 0.314 e. The van der Waals surface area contributed by atoms with Crippen LogP contribution in [0.2, 0.25) is 0 Å². The van der Waals surface area contributed by atoms with E-state index in [0.717, 1.165) is 32.0 Å². The Bertz CT molecular complexity index is 244. The molecule has 0 aliphatic carbocycles. The van der Waals surface area contributed by atoms with Crippen LogP contribution < -0.4 is 10.7 Å². The van der Waals surface area contributed by atoms with Crippen LogP contribution in [0.15, 0.2) is 12.3 Å². The number of nitrogens with zero attached hydrogens (tertiary/aromatic N) is 4. The van der Waals surface area contributed by atoms with Gasteiger partial charge in [-0.15, -0.1) is 10.2 Å². The lowest BCUT2D eigenvalue weighted by Crippen LogP contribution is -2.46. The number of hydrazine groups is 1. The van der Waals surface area contributed by atoms with Crippen molar-refractivity contribution in [2.24, 2.45) is 0 Å². The summed E-state index contributed by atoms with van der Waals surface area (Å²) < 4.78 is 0. The maximum atomic E-state index is 3.84. The highest BCUT2D eigenvalue weighted by Crippen LogP contribution is 2.00. The van der Waals surface area contributed by atoms with E-state index in [1.807, 2.05) is 0 Å². The fourth-order valence-corrected chi connectivity index (χ4v) is 1.24. The van der Waals surface area contributed by atoms with E-state index in [4.69, 9.17) is 0 Å². The third kappa shape index (κ3) is 2.33. The van der Waals surface area contributed by atoms with Gasteiger partial charge in [0.25, 0.3) is 0 Å². The first-order valence-corrected chi connectivity index (χ1v) is 4.32. The number of hydrogen-bond donors (Lipinski definition) is 2. The van der Waals surface area contributed by atoms with Crippen LogP contribution in [0.1, 0.15) is 0 Å². The normalized spacial score (nSPS) is 18.5. The van der Waals surface area contributed by atoms with E-state index in [0.29, 0.717) is 0 Å².